The minimum absolute atomic E-state index is 0.0180. The van der Waals surface area contributed by atoms with E-state index in [4.69, 9.17) is 10.9 Å². The van der Waals surface area contributed by atoms with Crippen LogP contribution in [-0.2, 0) is 10.0 Å². The lowest BCUT2D eigenvalue weighted by atomic mass is 10.2. The van der Waals surface area contributed by atoms with Crippen LogP contribution in [0.2, 0.25) is 0 Å². The summed E-state index contributed by atoms with van der Waals surface area (Å²) in [6.07, 6.45) is 1.24. The monoisotopic (exact) mass is 295 g/mol. The normalized spacial score (nSPS) is 12.3. The molecule has 0 aliphatic rings. The molecule has 8 nitrogen and oxygen atoms in total. The highest BCUT2D eigenvalue weighted by Crippen LogP contribution is 2.15. The Morgan fingerprint density at radius 1 is 1.40 bits per heavy atom. The van der Waals surface area contributed by atoms with Crippen LogP contribution in [0.3, 0.4) is 0 Å². The van der Waals surface area contributed by atoms with Gasteiger partial charge in [-0.05, 0) is 31.2 Å². The highest BCUT2D eigenvalue weighted by atomic mass is 32.2. The maximum Gasteiger partial charge on any atom is 0.278 e. The number of aromatic amines is 1. The van der Waals surface area contributed by atoms with Crippen molar-refractivity contribution >= 4 is 21.5 Å². The second-order valence-electron chi connectivity index (χ2n) is 4.00. The average Bonchev–Trinajstić information content (AvgIpc) is 2.86. The van der Waals surface area contributed by atoms with Crippen molar-refractivity contribution in [2.75, 3.05) is 4.72 Å². The van der Waals surface area contributed by atoms with Gasteiger partial charge in [-0.3, -0.25) is 4.72 Å². The van der Waals surface area contributed by atoms with Gasteiger partial charge in [0.15, 0.2) is 10.9 Å². The van der Waals surface area contributed by atoms with Crippen LogP contribution in [0.1, 0.15) is 11.4 Å². The molecule has 20 heavy (non-hydrogen) atoms. The highest BCUT2D eigenvalue weighted by molar-refractivity contribution is 7.92. The van der Waals surface area contributed by atoms with Gasteiger partial charge in [0.05, 0.1) is 6.20 Å². The first-order valence-electron chi connectivity index (χ1n) is 5.55. The van der Waals surface area contributed by atoms with E-state index in [1.807, 2.05) is 0 Å². The number of rotatable bonds is 4. The number of benzene rings is 1. The number of hydrogen-bond acceptors (Lipinski definition) is 5. The zero-order valence-electron chi connectivity index (χ0n) is 10.5. The molecule has 1 heterocycles. The minimum atomic E-state index is -3.71. The molecule has 0 amide bonds. The SMILES string of the molecule is Cc1ncc(S(=O)(=O)Nc2ccc(C(N)=NO)cc2)[nH]1. The number of amidine groups is 1. The number of sulfonamides is 1. The summed E-state index contributed by atoms with van der Waals surface area (Å²) >= 11 is 0. The molecule has 0 atom stereocenters. The van der Waals surface area contributed by atoms with Gasteiger partial charge in [-0.1, -0.05) is 5.16 Å². The van der Waals surface area contributed by atoms with Gasteiger partial charge >= 0.3 is 0 Å². The molecule has 1 aromatic carbocycles. The van der Waals surface area contributed by atoms with E-state index in [2.05, 4.69) is 19.8 Å². The molecule has 0 aliphatic carbocycles. The van der Waals surface area contributed by atoms with Gasteiger partial charge in [0, 0.05) is 11.3 Å². The molecule has 1 aromatic heterocycles. The maximum absolute atomic E-state index is 12.0. The molecule has 5 N–H and O–H groups in total. The lowest BCUT2D eigenvalue weighted by Crippen LogP contribution is -2.15. The van der Waals surface area contributed by atoms with E-state index < -0.39 is 10.0 Å². The number of aryl methyl sites for hydroxylation is 1. The van der Waals surface area contributed by atoms with E-state index in [9.17, 15) is 8.42 Å². The molecule has 0 radical (unpaired) electrons. The largest absolute Gasteiger partial charge is 0.409 e. The van der Waals surface area contributed by atoms with Gasteiger partial charge in [-0.2, -0.15) is 8.42 Å². The second-order valence-corrected chi connectivity index (χ2v) is 5.65. The molecular weight excluding hydrogens is 282 g/mol. The summed E-state index contributed by atoms with van der Waals surface area (Å²) in [6, 6.07) is 6.08. The Hall–Kier alpha value is -2.55. The zero-order chi connectivity index (χ0) is 14.8. The first-order valence-corrected chi connectivity index (χ1v) is 7.03. The average molecular weight is 295 g/mol. The van der Waals surface area contributed by atoms with Gasteiger partial charge in [0.25, 0.3) is 10.0 Å². The Morgan fingerprint density at radius 2 is 2.05 bits per heavy atom. The number of nitrogens with one attached hydrogen (secondary N) is 2. The fourth-order valence-electron chi connectivity index (χ4n) is 1.51. The summed E-state index contributed by atoms with van der Waals surface area (Å²) in [5.41, 5.74) is 6.25. The van der Waals surface area contributed by atoms with E-state index in [0.717, 1.165) is 0 Å². The standard InChI is InChI=1S/C11H13N5O3S/c1-7-13-6-10(14-7)20(18,19)16-9-4-2-8(3-5-9)11(12)15-17/h2-6,16-17H,1H3,(H2,12,15)(H,13,14). The van der Waals surface area contributed by atoms with Crippen molar-refractivity contribution in [3.63, 3.8) is 0 Å². The molecule has 9 heteroatoms. The van der Waals surface area contributed by atoms with Crippen LogP contribution in [0, 0.1) is 6.92 Å². The number of imidazole rings is 1. The zero-order valence-corrected chi connectivity index (χ0v) is 11.3. The second kappa shape index (κ2) is 5.21. The van der Waals surface area contributed by atoms with Crippen LogP contribution in [0.15, 0.2) is 40.6 Å². The van der Waals surface area contributed by atoms with Gasteiger partial charge in [-0.25, -0.2) is 4.98 Å². The third-order valence-corrected chi connectivity index (χ3v) is 3.80. The van der Waals surface area contributed by atoms with E-state index in [1.165, 1.54) is 30.5 Å². The van der Waals surface area contributed by atoms with Gasteiger partial charge in [0.1, 0.15) is 5.82 Å². The Morgan fingerprint density at radius 3 is 2.55 bits per heavy atom. The van der Waals surface area contributed by atoms with E-state index in [0.29, 0.717) is 17.1 Å². The molecule has 0 saturated heterocycles. The molecule has 106 valence electrons. The number of anilines is 1. The van der Waals surface area contributed by atoms with Crippen molar-refractivity contribution in [1.29, 1.82) is 0 Å². The molecule has 0 saturated carbocycles. The van der Waals surface area contributed by atoms with E-state index in [-0.39, 0.29) is 10.9 Å². The lowest BCUT2D eigenvalue weighted by Gasteiger charge is -2.06. The Labute approximate surface area is 115 Å². The Balaban J connectivity index is 2.22. The number of nitrogens with zero attached hydrogens (tertiary/aromatic N) is 2. The highest BCUT2D eigenvalue weighted by Gasteiger charge is 2.16. The third kappa shape index (κ3) is 2.88. The van der Waals surface area contributed by atoms with Crippen molar-refractivity contribution in [3.05, 3.63) is 41.9 Å². The van der Waals surface area contributed by atoms with Crippen LogP contribution in [0.4, 0.5) is 5.69 Å². The van der Waals surface area contributed by atoms with Crippen molar-refractivity contribution in [1.82, 2.24) is 9.97 Å². The minimum Gasteiger partial charge on any atom is -0.409 e. The molecule has 2 rings (SSSR count). The predicted molar refractivity (Wildman–Crippen MR) is 73.1 cm³/mol. The lowest BCUT2D eigenvalue weighted by molar-refractivity contribution is 0.318. The predicted octanol–water partition coefficient (Wildman–Crippen LogP) is 0.613. The van der Waals surface area contributed by atoms with Crippen LogP contribution >= 0.6 is 0 Å². The van der Waals surface area contributed by atoms with Crippen molar-refractivity contribution in [3.8, 4) is 0 Å². The summed E-state index contributed by atoms with van der Waals surface area (Å²) in [5.74, 6) is 0.455. The Kier molecular flexibility index (Phi) is 3.61. The fraction of sp³-hybridized carbons (Fsp3) is 0.0909. The first kappa shape index (κ1) is 13.9. The summed E-state index contributed by atoms with van der Waals surface area (Å²) in [7, 11) is -3.71. The number of aromatic nitrogens is 2. The number of hydrogen-bond donors (Lipinski definition) is 4. The molecular formula is C11H13N5O3S. The molecule has 0 bridgehead atoms. The molecule has 0 fully saturated rings. The number of H-pyrrole nitrogens is 1. The van der Waals surface area contributed by atoms with Crippen LogP contribution in [0.5, 0.6) is 0 Å². The maximum atomic E-state index is 12.0. The number of oxime groups is 1. The van der Waals surface area contributed by atoms with Crippen molar-refractivity contribution in [2.45, 2.75) is 11.9 Å². The first-order chi connectivity index (χ1) is 9.42. The smallest absolute Gasteiger partial charge is 0.278 e. The topological polar surface area (TPSA) is 133 Å². The van der Waals surface area contributed by atoms with Gasteiger partial charge in [0.2, 0.25) is 0 Å². The van der Waals surface area contributed by atoms with Crippen LogP contribution in [0.25, 0.3) is 0 Å². The summed E-state index contributed by atoms with van der Waals surface area (Å²) in [5, 5.41) is 11.4. The van der Waals surface area contributed by atoms with Crippen molar-refractivity contribution < 1.29 is 13.6 Å². The summed E-state index contributed by atoms with van der Waals surface area (Å²) < 4.78 is 26.4. The van der Waals surface area contributed by atoms with E-state index >= 15 is 0 Å². The fourth-order valence-corrected chi connectivity index (χ4v) is 2.54. The van der Waals surface area contributed by atoms with Gasteiger partial charge in [-0.15, -0.1) is 0 Å². The van der Waals surface area contributed by atoms with Gasteiger partial charge < -0.3 is 15.9 Å². The van der Waals surface area contributed by atoms with Crippen LogP contribution in [-0.4, -0.2) is 29.4 Å². The molecule has 0 unspecified atom stereocenters. The summed E-state index contributed by atoms with van der Waals surface area (Å²) in [4.78, 5) is 6.48. The molecule has 0 spiro atoms. The third-order valence-electron chi connectivity index (χ3n) is 2.51. The molecule has 0 aliphatic heterocycles. The summed E-state index contributed by atoms with van der Waals surface area (Å²) in [6.45, 7) is 1.66. The Bertz CT molecular complexity index is 734. The molecule has 2 aromatic rings. The van der Waals surface area contributed by atoms with Crippen LogP contribution < -0.4 is 10.5 Å². The number of nitrogens with two attached hydrogens (primary N) is 1. The van der Waals surface area contributed by atoms with E-state index in [1.54, 1.807) is 6.92 Å². The quantitative estimate of drug-likeness (QED) is 0.284. The van der Waals surface area contributed by atoms with Crippen molar-refractivity contribution in [2.24, 2.45) is 10.9 Å².